The van der Waals surface area contributed by atoms with Crippen molar-refractivity contribution in [2.45, 2.75) is 26.5 Å². The lowest BCUT2D eigenvalue weighted by Gasteiger charge is -2.27. The number of anilines is 1. The molecule has 0 fully saturated rings. The molecule has 27 heavy (non-hydrogen) atoms. The first-order valence-electron chi connectivity index (χ1n) is 8.68. The van der Waals surface area contributed by atoms with Gasteiger partial charge >= 0.3 is 0 Å². The van der Waals surface area contributed by atoms with Crippen molar-refractivity contribution in [1.29, 1.82) is 0 Å². The molecule has 4 N–H and O–H groups in total. The molecule has 1 aromatic carbocycles. The molecule has 9 heteroatoms. The SMILES string of the molecule is Cc1cccc2[nH]c(COCC(=O)N3CCc4c(nc(N)[nH]c4=O)C3)nc12. The third-order valence-electron chi connectivity index (χ3n) is 4.67. The average molecular weight is 368 g/mol. The summed E-state index contributed by atoms with van der Waals surface area (Å²) in [6.45, 7) is 2.86. The number of benzene rings is 1. The Balaban J connectivity index is 1.37. The summed E-state index contributed by atoms with van der Waals surface area (Å²) in [7, 11) is 0. The van der Waals surface area contributed by atoms with Gasteiger partial charge in [-0.15, -0.1) is 0 Å². The van der Waals surface area contributed by atoms with Crippen LogP contribution in [0.3, 0.4) is 0 Å². The Kier molecular flexibility index (Phi) is 4.36. The molecule has 3 heterocycles. The summed E-state index contributed by atoms with van der Waals surface area (Å²) >= 11 is 0. The lowest BCUT2D eigenvalue weighted by molar-refractivity contribution is -0.137. The average Bonchev–Trinajstić information content (AvgIpc) is 3.05. The van der Waals surface area contributed by atoms with Crippen molar-refractivity contribution in [3.05, 3.63) is 51.2 Å². The van der Waals surface area contributed by atoms with Gasteiger partial charge in [-0.05, 0) is 25.0 Å². The van der Waals surface area contributed by atoms with E-state index in [9.17, 15) is 9.59 Å². The zero-order chi connectivity index (χ0) is 19.0. The minimum atomic E-state index is -0.235. The molecule has 0 spiro atoms. The van der Waals surface area contributed by atoms with Crippen LogP contribution in [-0.2, 0) is 29.1 Å². The highest BCUT2D eigenvalue weighted by Gasteiger charge is 2.24. The number of ether oxygens (including phenoxy) is 1. The van der Waals surface area contributed by atoms with Crippen molar-refractivity contribution < 1.29 is 9.53 Å². The Hall–Kier alpha value is -3.20. The molecule has 0 unspecified atom stereocenters. The van der Waals surface area contributed by atoms with Crippen molar-refractivity contribution in [3.63, 3.8) is 0 Å². The number of imidazole rings is 1. The topological polar surface area (TPSA) is 130 Å². The van der Waals surface area contributed by atoms with Crippen molar-refractivity contribution >= 4 is 22.9 Å². The van der Waals surface area contributed by atoms with E-state index in [1.807, 2.05) is 25.1 Å². The monoisotopic (exact) mass is 368 g/mol. The van der Waals surface area contributed by atoms with Crippen molar-refractivity contribution in [2.24, 2.45) is 0 Å². The second-order valence-electron chi connectivity index (χ2n) is 6.59. The van der Waals surface area contributed by atoms with Gasteiger partial charge in [-0.25, -0.2) is 9.97 Å². The Morgan fingerprint density at radius 2 is 2.19 bits per heavy atom. The van der Waals surface area contributed by atoms with Crippen LogP contribution in [-0.4, -0.2) is 43.9 Å². The number of fused-ring (bicyclic) bond motifs is 2. The van der Waals surface area contributed by atoms with Crippen LogP contribution in [0.2, 0.25) is 0 Å². The third-order valence-corrected chi connectivity index (χ3v) is 4.67. The number of hydrogen-bond acceptors (Lipinski definition) is 6. The summed E-state index contributed by atoms with van der Waals surface area (Å²) in [4.78, 5) is 40.2. The van der Waals surface area contributed by atoms with Gasteiger partial charge in [0.1, 0.15) is 19.0 Å². The van der Waals surface area contributed by atoms with Gasteiger partial charge in [-0.2, -0.15) is 0 Å². The molecule has 0 atom stereocenters. The number of nitrogens with two attached hydrogens (primary N) is 1. The number of aryl methyl sites for hydroxylation is 1. The van der Waals surface area contributed by atoms with E-state index in [1.165, 1.54) is 0 Å². The van der Waals surface area contributed by atoms with E-state index in [0.717, 1.165) is 16.6 Å². The molecule has 140 valence electrons. The molecule has 0 saturated carbocycles. The maximum atomic E-state index is 12.4. The number of H-pyrrole nitrogens is 2. The molecule has 3 aromatic rings. The van der Waals surface area contributed by atoms with Gasteiger partial charge in [-0.3, -0.25) is 14.6 Å². The molecule has 9 nitrogen and oxygen atoms in total. The van der Waals surface area contributed by atoms with Crippen molar-refractivity contribution in [2.75, 3.05) is 18.9 Å². The van der Waals surface area contributed by atoms with Crippen LogP contribution in [0.15, 0.2) is 23.0 Å². The normalized spacial score (nSPS) is 13.7. The molecule has 1 amide bonds. The fourth-order valence-electron chi connectivity index (χ4n) is 3.29. The Labute approximate surface area is 154 Å². The molecular weight excluding hydrogens is 348 g/mol. The summed E-state index contributed by atoms with van der Waals surface area (Å²) in [6, 6.07) is 5.91. The van der Waals surface area contributed by atoms with Gasteiger partial charge in [0.25, 0.3) is 5.56 Å². The molecular formula is C18H20N6O3. The molecule has 4 rings (SSSR count). The van der Waals surface area contributed by atoms with Crippen LogP contribution in [0, 0.1) is 6.92 Å². The van der Waals surface area contributed by atoms with E-state index in [1.54, 1.807) is 4.90 Å². The summed E-state index contributed by atoms with van der Waals surface area (Å²) in [6.07, 6.45) is 0.451. The largest absolute Gasteiger partial charge is 0.369 e. The lowest BCUT2D eigenvalue weighted by atomic mass is 10.1. The molecule has 1 aliphatic rings. The third kappa shape index (κ3) is 3.41. The first-order valence-corrected chi connectivity index (χ1v) is 8.68. The number of aromatic nitrogens is 4. The van der Waals surface area contributed by atoms with Crippen LogP contribution in [0.5, 0.6) is 0 Å². The van der Waals surface area contributed by atoms with Gasteiger partial charge in [-0.1, -0.05) is 12.1 Å². The highest BCUT2D eigenvalue weighted by Crippen LogP contribution is 2.16. The van der Waals surface area contributed by atoms with Gasteiger partial charge in [0, 0.05) is 12.1 Å². The fraction of sp³-hybridized carbons (Fsp3) is 0.333. The smallest absolute Gasteiger partial charge is 0.255 e. The summed E-state index contributed by atoms with van der Waals surface area (Å²) < 4.78 is 5.54. The Bertz CT molecular complexity index is 1070. The highest BCUT2D eigenvalue weighted by atomic mass is 16.5. The number of carbonyl (C=O) groups is 1. The van der Waals surface area contributed by atoms with Gasteiger partial charge in [0.15, 0.2) is 0 Å². The Morgan fingerprint density at radius 1 is 1.33 bits per heavy atom. The standard InChI is InChI=1S/C18H20N6O3/c1-10-3-2-4-12-16(10)22-14(20-12)8-27-9-15(25)24-6-5-11-13(7-24)21-18(19)23-17(11)26/h2-4H,5-9H2,1H3,(H,20,22)(H3,19,21,23,26). The number of carbonyl (C=O) groups excluding carboxylic acids is 1. The van der Waals surface area contributed by atoms with Crippen molar-refractivity contribution in [3.8, 4) is 0 Å². The van der Waals surface area contributed by atoms with Crippen LogP contribution in [0.25, 0.3) is 11.0 Å². The lowest BCUT2D eigenvalue weighted by Crippen LogP contribution is -2.41. The van der Waals surface area contributed by atoms with E-state index in [2.05, 4.69) is 19.9 Å². The predicted molar refractivity (Wildman–Crippen MR) is 98.9 cm³/mol. The van der Waals surface area contributed by atoms with E-state index in [4.69, 9.17) is 10.5 Å². The molecule has 0 radical (unpaired) electrons. The number of amides is 1. The minimum absolute atomic E-state index is 0.0597. The number of nitrogens with zero attached hydrogens (tertiary/aromatic N) is 3. The second kappa shape index (κ2) is 6.84. The molecule has 2 aromatic heterocycles. The molecule has 0 saturated heterocycles. The number of nitrogen functional groups attached to an aromatic ring is 1. The maximum Gasteiger partial charge on any atom is 0.255 e. The summed E-state index contributed by atoms with van der Waals surface area (Å²) in [5.74, 6) is 0.579. The summed E-state index contributed by atoms with van der Waals surface area (Å²) in [5.41, 5.74) is 9.42. The molecule has 1 aliphatic heterocycles. The first kappa shape index (κ1) is 17.2. The predicted octanol–water partition coefficient (Wildman–Crippen LogP) is 0.638. The van der Waals surface area contributed by atoms with Gasteiger partial charge in [0.05, 0.1) is 23.3 Å². The van der Waals surface area contributed by atoms with E-state index >= 15 is 0 Å². The second-order valence-corrected chi connectivity index (χ2v) is 6.59. The zero-order valence-corrected chi connectivity index (χ0v) is 14.9. The maximum absolute atomic E-state index is 12.4. The summed E-state index contributed by atoms with van der Waals surface area (Å²) in [5, 5.41) is 0. The highest BCUT2D eigenvalue weighted by molar-refractivity contribution is 5.79. The number of nitrogens with one attached hydrogen (secondary N) is 2. The van der Waals surface area contributed by atoms with Crippen LogP contribution >= 0.6 is 0 Å². The van der Waals surface area contributed by atoms with E-state index in [0.29, 0.717) is 30.0 Å². The van der Waals surface area contributed by atoms with Crippen LogP contribution < -0.4 is 11.3 Å². The van der Waals surface area contributed by atoms with Gasteiger partial charge < -0.3 is 20.4 Å². The number of rotatable bonds is 4. The minimum Gasteiger partial charge on any atom is -0.369 e. The first-order chi connectivity index (χ1) is 13.0. The quantitative estimate of drug-likeness (QED) is 0.619. The number of para-hydroxylation sites is 1. The van der Waals surface area contributed by atoms with Crippen LogP contribution in [0.4, 0.5) is 5.95 Å². The zero-order valence-electron chi connectivity index (χ0n) is 14.9. The Morgan fingerprint density at radius 3 is 3.00 bits per heavy atom. The van der Waals surface area contributed by atoms with E-state index < -0.39 is 0 Å². The number of aromatic amines is 2. The molecule has 0 aliphatic carbocycles. The van der Waals surface area contributed by atoms with Crippen molar-refractivity contribution in [1.82, 2.24) is 24.8 Å². The van der Waals surface area contributed by atoms with E-state index in [-0.39, 0.29) is 37.2 Å². The fourth-order valence-corrected chi connectivity index (χ4v) is 3.29. The van der Waals surface area contributed by atoms with Gasteiger partial charge in [0.2, 0.25) is 11.9 Å². The van der Waals surface area contributed by atoms with Crippen LogP contribution in [0.1, 0.15) is 22.6 Å². The number of hydrogen-bond donors (Lipinski definition) is 3. The molecule has 0 bridgehead atoms.